The Kier molecular flexibility index (Phi) is 4.90. The highest BCUT2D eigenvalue weighted by Gasteiger charge is 2.36. The van der Waals surface area contributed by atoms with E-state index in [2.05, 4.69) is 5.32 Å². The van der Waals surface area contributed by atoms with Crippen molar-refractivity contribution in [2.45, 2.75) is 13.3 Å². The second-order valence-electron chi connectivity index (χ2n) is 6.10. The van der Waals surface area contributed by atoms with Crippen LogP contribution in [0.25, 0.3) is 0 Å². The Morgan fingerprint density at radius 3 is 2.73 bits per heavy atom. The van der Waals surface area contributed by atoms with Gasteiger partial charge in [-0.2, -0.15) is 0 Å². The lowest BCUT2D eigenvalue weighted by Crippen LogP contribution is -2.28. The first-order chi connectivity index (χ1) is 12.4. The van der Waals surface area contributed by atoms with E-state index in [0.717, 1.165) is 0 Å². The molecule has 0 aliphatic carbocycles. The van der Waals surface area contributed by atoms with Gasteiger partial charge in [0.05, 0.1) is 21.6 Å². The van der Waals surface area contributed by atoms with Crippen LogP contribution in [0.2, 0.25) is 5.02 Å². The monoisotopic (exact) mass is 373 g/mol. The molecule has 8 heteroatoms. The zero-order valence-electron chi connectivity index (χ0n) is 13.9. The molecule has 1 N–H and O–H groups in total. The molecule has 26 heavy (non-hydrogen) atoms. The van der Waals surface area contributed by atoms with Crippen LogP contribution in [0, 0.1) is 23.0 Å². The summed E-state index contributed by atoms with van der Waals surface area (Å²) < 4.78 is 0. The van der Waals surface area contributed by atoms with Crippen molar-refractivity contribution in [3.8, 4) is 0 Å². The van der Waals surface area contributed by atoms with Gasteiger partial charge < -0.3 is 10.2 Å². The lowest BCUT2D eigenvalue weighted by Gasteiger charge is -2.18. The summed E-state index contributed by atoms with van der Waals surface area (Å²) in [4.78, 5) is 36.8. The Balaban J connectivity index is 1.74. The molecule has 1 fully saturated rings. The molecule has 3 rings (SSSR count). The topological polar surface area (TPSA) is 92.6 Å². The molecule has 0 aromatic heterocycles. The van der Waals surface area contributed by atoms with E-state index in [4.69, 9.17) is 11.6 Å². The number of amides is 2. The van der Waals surface area contributed by atoms with Gasteiger partial charge in [0, 0.05) is 30.3 Å². The zero-order chi connectivity index (χ0) is 18.8. The van der Waals surface area contributed by atoms with Crippen molar-refractivity contribution in [3.63, 3.8) is 0 Å². The van der Waals surface area contributed by atoms with Crippen molar-refractivity contribution in [2.75, 3.05) is 16.8 Å². The zero-order valence-corrected chi connectivity index (χ0v) is 14.7. The quantitative estimate of drug-likeness (QED) is 0.655. The van der Waals surface area contributed by atoms with Gasteiger partial charge in [-0.25, -0.2) is 0 Å². The van der Waals surface area contributed by atoms with Crippen LogP contribution in [0.15, 0.2) is 42.5 Å². The maximum absolute atomic E-state index is 12.5. The number of nitro groups is 1. The van der Waals surface area contributed by atoms with Crippen molar-refractivity contribution >= 4 is 40.5 Å². The molecule has 2 amide bonds. The Hall–Kier alpha value is -2.93. The predicted octanol–water partition coefficient (Wildman–Crippen LogP) is 3.55. The summed E-state index contributed by atoms with van der Waals surface area (Å²) in [5.41, 5.74) is 1.34. The molecule has 1 aliphatic rings. The fraction of sp³-hybridized carbons (Fsp3) is 0.222. The molecule has 1 atom stereocenters. The molecule has 2 aromatic rings. The minimum atomic E-state index is -0.556. The van der Waals surface area contributed by atoms with Crippen LogP contribution in [0.3, 0.4) is 0 Å². The molecule has 134 valence electrons. The Morgan fingerprint density at radius 1 is 1.31 bits per heavy atom. The number of halogens is 1. The minimum absolute atomic E-state index is 0.0605. The maximum atomic E-state index is 12.5. The normalized spacial score (nSPS) is 16.6. The summed E-state index contributed by atoms with van der Waals surface area (Å²) in [6.07, 6.45) is 0.0605. The first-order valence-corrected chi connectivity index (χ1v) is 8.35. The van der Waals surface area contributed by atoms with Crippen LogP contribution in [0.4, 0.5) is 17.1 Å². The predicted molar refractivity (Wildman–Crippen MR) is 98.4 cm³/mol. The highest BCUT2D eigenvalue weighted by molar-refractivity contribution is 6.33. The van der Waals surface area contributed by atoms with Crippen LogP contribution in [0.1, 0.15) is 12.0 Å². The molecule has 0 spiro atoms. The van der Waals surface area contributed by atoms with Gasteiger partial charge in [-0.3, -0.25) is 19.7 Å². The molecule has 1 heterocycles. The highest BCUT2D eigenvalue weighted by atomic mass is 35.5. The lowest BCUT2D eigenvalue weighted by molar-refractivity contribution is -0.385. The highest BCUT2D eigenvalue weighted by Crippen LogP contribution is 2.31. The molecule has 1 saturated heterocycles. The van der Waals surface area contributed by atoms with Gasteiger partial charge >= 0.3 is 0 Å². The number of carbonyl (C=O) groups is 2. The fourth-order valence-electron chi connectivity index (χ4n) is 2.91. The van der Waals surface area contributed by atoms with Crippen LogP contribution in [0.5, 0.6) is 0 Å². The van der Waals surface area contributed by atoms with Gasteiger partial charge in [0.15, 0.2) is 0 Å². The van der Waals surface area contributed by atoms with Crippen molar-refractivity contribution in [2.24, 2.45) is 5.92 Å². The van der Waals surface area contributed by atoms with E-state index in [9.17, 15) is 19.7 Å². The number of benzene rings is 2. The van der Waals surface area contributed by atoms with Crippen molar-refractivity contribution in [3.05, 3.63) is 63.2 Å². The van der Waals surface area contributed by atoms with Crippen LogP contribution in [-0.2, 0) is 9.59 Å². The van der Waals surface area contributed by atoms with Crippen LogP contribution >= 0.6 is 11.6 Å². The average Bonchev–Trinajstić information content (AvgIpc) is 2.98. The molecule has 1 aliphatic heterocycles. The van der Waals surface area contributed by atoms with Gasteiger partial charge in [-0.15, -0.1) is 0 Å². The number of nitro benzene ring substituents is 1. The number of aryl methyl sites for hydroxylation is 1. The lowest BCUT2D eigenvalue weighted by atomic mass is 10.1. The first-order valence-electron chi connectivity index (χ1n) is 7.97. The standard InChI is InChI=1S/C18H16ClN3O4/c1-11-6-7-13(9-16(11)22(25)26)20-18(24)12-8-17(23)21(10-12)15-5-3-2-4-14(15)19/h2-7,9,12H,8,10H2,1H3,(H,20,24). The molecular weight excluding hydrogens is 358 g/mol. The SMILES string of the molecule is Cc1ccc(NC(=O)C2CC(=O)N(c3ccccc3Cl)C2)cc1[N+](=O)[O-]. The average molecular weight is 374 g/mol. The molecule has 2 aromatic carbocycles. The summed E-state index contributed by atoms with van der Waals surface area (Å²) in [6.45, 7) is 1.84. The summed E-state index contributed by atoms with van der Waals surface area (Å²) in [5.74, 6) is -1.10. The van der Waals surface area contributed by atoms with E-state index in [1.807, 2.05) is 0 Å². The van der Waals surface area contributed by atoms with E-state index in [1.54, 1.807) is 43.3 Å². The largest absolute Gasteiger partial charge is 0.326 e. The van der Waals surface area contributed by atoms with E-state index >= 15 is 0 Å². The van der Waals surface area contributed by atoms with E-state index in [0.29, 0.717) is 22.0 Å². The summed E-state index contributed by atoms with van der Waals surface area (Å²) in [7, 11) is 0. The third-order valence-electron chi connectivity index (χ3n) is 4.31. The van der Waals surface area contributed by atoms with Gasteiger partial charge in [0.25, 0.3) is 5.69 Å². The third kappa shape index (κ3) is 3.52. The summed E-state index contributed by atoms with van der Waals surface area (Å²) in [5, 5.41) is 14.1. The van der Waals surface area contributed by atoms with Crippen molar-refractivity contribution in [1.29, 1.82) is 0 Å². The van der Waals surface area contributed by atoms with Crippen LogP contribution in [-0.4, -0.2) is 23.3 Å². The van der Waals surface area contributed by atoms with Crippen LogP contribution < -0.4 is 10.2 Å². The molecular formula is C18H16ClN3O4. The van der Waals surface area contributed by atoms with E-state index < -0.39 is 10.8 Å². The second kappa shape index (κ2) is 7.13. The second-order valence-corrected chi connectivity index (χ2v) is 6.51. The van der Waals surface area contributed by atoms with Crippen molar-refractivity contribution < 1.29 is 14.5 Å². The third-order valence-corrected chi connectivity index (χ3v) is 4.63. The summed E-state index contributed by atoms with van der Waals surface area (Å²) >= 11 is 6.13. The van der Waals surface area contributed by atoms with E-state index in [1.165, 1.54) is 11.0 Å². The summed E-state index contributed by atoms with van der Waals surface area (Å²) in [6, 6.07) is 11.4. The number of rotatable bonds is 4. The number of hydrogen-bond donors (Lipinski definition) is 1. The molecule has 1 unspecified atom stereocenters. The first kappa shape index (κ1) is 17.9. The Morgan fingerprint density at radius 2 is 2.04 bits per heavy atom. The van der Waals surface area contributed by atoms with E-state index in [-0.39, 0.29) is 30.5 Å². The number of hydrogen-bond acceptors (Lipinski definition) is 4. The van der Waals surface area contributed by atoms with Gasteiger partial charge in [0.1, 0.15) is 0 Å². The smallest absolute Gasteiger partial charge is 0.274 e. The number of carbonyl (C=O) groups excluding carboxylic acids is 2. The van der Waals surface area contributed by atoms with Crippen molar-refractivity contribution in [1.82, 2.24) is 0 Å². The van der Waals surface area contributed by atoms with Gasteiger partial charge in [-0.1, -0.05) is 29.8 Å². The Labute approximate surface area is 154 Å². The Bertz CT molecular complexity index is 900. The number of nitrogens with zero attached hydrogens (tertiary/aromatic N) is 2. The number of para-hydroxylation sites is 1. The molecule has 7 nitrogen and oxygen atoms in total. The minimum Gasteiger partial charge on any atom is -0.326 e. The number of anilines is 2. The molecule has 0 bridgehead atoms. The molecule has 0 radical (unpaired) electrons. The fourth-order valence-corrected chi connectivity index (χ4v) is 3.15. The van der Waals surface area contributed by atoms with Gasteiger partial charge in [-0.05, 0) is 25.1 Å². The number of nitrogens with one attached hydrogen (secondary N) is 1. The van der Waals surface area contributed by atoms with Gasteiger partial charge in [0.2, 0.25) is 11.8 Å². The molecule has 0 saturated carbocycles. The maximum Gasteiger partial charge on any atom is 0.274 e.